The first-order chi connectivity index (χ1) is 61.7. The third-order valence-electron chi connectivity index (χ3n) is 23.1. The number of carbonyl (C=O) groups is 10. The van der Waals surface area contributed by atoms with Crippen LogP contribution in [0.1, 0.15) is 178 Å². The van der Waals surface area contributed by atoms with Crippen LogP contribution in [0.4, 0.5) is 24.8 Å². The summed E-state index contributed by atoms with van der Waals surface area (Å²) in [7, 11) is -7.72. The standard InChI is InChI=1S/C92H117BF2N10O20S4/c1-7-102(8-2)68-36-40-73-82(56-68)125-83-57-69(103(9-3)10-4)37-41-74(83)88(73)75-42-39-72(58-84(75)129(121,122)123)128(119,120)97-48-49-126-127-59-66(90(114)115)54-80(108)76(32-23-24-46-96-47-25-30-67-34-35-70-55-79-61(5)50-62(6)104(79)93(94,95)105(67)70)99-89(113)65(51-63-26-17-15-18-27-63)53-81(109)78(52-64-28-19-16-20-29-64)98-85(110)33-22-14-12-11-13-21-31-71(107)38-43-77(91(116)117)100-92(118)101-86(124-60-106)44-45-87(111)112/h15-20,26-29,34-37,39-42,50,55-58,60,65-66,76-78,86,96-97H,7-14,21-25,30-33,38,43-49,51-54,59H2,1-6H3,(H7-,98,99,100,101,110,111,112,113,114,115,116,117,118,121,122,123)/t65-,66?,76?,77+,78+,86-/m1/s1. The third kappa shape index (κ3) is 29.4. The number of ketones is 3. The van der Waals surface area contributed by atoms with Crippen LogP contribution >= 0.6 is 21.6 Å². The summed E-state index contributed by atoms with van der Waals surface area (Å²) in [6, 6.07) is 29.1. The fourth-order valence-corrected chi connectivity index (χ4v) is 20.5. The van der Waals surface area contributed by atoms with Crippen molar-refractivity contribution in [2.75, 3.05) is 67.1 Å². The number of aromatic nitrogens is 1. The molecule has 696 valence electrons. The van der Waals surface area contributed by atoms with E-state index >= 15 is 13.4 Å². The Kier molecular flexibility index (Phi) is 39.0. The van der Waals surface area contributed by atoms with Gasteiger partial charge in [-0.15, -0.1) is 0 Å². The molecule has 2 aliphatic rings. The molecule has 0 aliphatic carbocycles. The summed E-state index contributed by atoms with van der Waals surface area (Å²) in [5, 5.41) is 43.9. The van der Waals surface area contributed by atoms with Gasteiger partial charge in [0, 0.05) is 142 Å². The highest BCUT2D eigenvalue weighted by Gasteiger charge is 2.52. The molecule has 2 aliphatic heterocycles. The molecule has 9 N–H and O–H groups in total. The maximum Gasteiger partial charge on any atom is 0.737 e. The van der Waals surface area contributed by atoms with Gasteiger partial charge in [-0.25, -0.2) is 35.6 Å². The van der Waals surface area contributed by atoms with Crippen molar-refractivity contribution in [1.82, 2.24) is 35.8 Å². The topological polar surface area (TPSA) is 430 Å². The van der Waals surface area contributed by atoms with Crippen LogP contribution in [0.3, 0.4) is 0 Å². The number of unbranched alkanes of at least 4 members (excludes halogenated alkanes) is 6. The van der Waals surface area contributed by atoms with E-state index in [-0.39, 0.29) is 93.7 Å². The number of rotatable bonds is 59. The van der Waals surface area contributed by atoms with Crippen LogP contribution in [0.2, 0.25) is 0 Å². The minimum Gasteiger partial charge on any atom is -0.744 e. The number of nitrogens with zero attached hydrogens (tertiary/aromatic N) is 4. The van der Waals surface area contributed by atoms with E-state index in [4.69, 9.17) is 9.52 Å². The Bertz CT molecular complexity index is 5400. The number of halogens is 2. The lowest BCUT2D eigenvalue weighted by Gasteiger charge is -2.30. The van der Waals surface area contributed by atoms with Gasteiger partial charge in [0.25, 0.3) is 6.47 Å². The number of fused-ring (bicyclic) bond motifs is 4. The Labute approximate surface area is 759 Å². The van der Waals surface area contributed by atoms with Gasteiger partial charge in [0.1, 0.15) is 27.7 Å². The summed E-state index contributed by atoms with van der Waals surface area (Å²) in [6.07, 6.45) is 7.44. The molecule has 30 nitrogen and oxygen atoms in total. The molecule has 0 fully saturated rings. The largest absolute Gasteiger partial charge is 0.744 e. The van der Waals surface area contributed by atoms with E-state index in [1.165, 1.54) is 12.1 Å². The Morgan fingerprint density at radius 1 is 0.612 bits per heavy atom. The molecule has 2 unspecified atom stereocenters. The lowest BCUT2D eigenvalue weighted by atomic mass is 9.88. The summed E-state index contributed by atoms with van der Waals surface area (Å²) in [6.45, 7) is 10.8. The Morgan fingerprint density at radius 2 is 1.22 bits per heavy atom. The van der Waals surface area contributed by atoms with Crippen molar-refractivity contribution < 1.29 is 107 Å². The third-order valence-corrected chi connectivity index (χ3v) is 27.9. The molecule has 5 aromatic carbocycles. The van der Waals surface area contributed by atoms with E-state index in [1.54, 1.807) is 104 Å². The lowest BCUT2D eigenvalue weighted by molar-refractivity contribution is -0.362. The summed E-state index contributed by atoms with van der Waals surface area (Å²) in [4.78, 5) is 134. The highest BCUT2D eigenvalue weighted by molar-refractivity contribution is 8.76. The zero-order valence-corrected chi connectivity index (χ0v) is 76.8. The number of allylic oxidation sites excluding steroid dienone is 2. The first kappa shape index (κ1) is 102. The maximum absolute atomic E-state index is 16.2. The number of carbonyl (C=O) groups excluding carboxylic acids is 7. The fourth-order valence-electron chi connectivity index (χ4n) is 16.3. The number of Topliss-reactive ketones (excluding diaryl/α,β-unsaturated/α-hetero) is 3. The number of carboxylic acid groups (broad SMARTS) is 3. The van der Waals surface area contributed by atoms with Crippen LogP contribution in [-0.2, 0) is 80.9 Å². The maximum atomic E-state index is 16.2. The average Bonchev–Trinajstić information content (AvgIpc) is 1.56. The smallest absolute Gasteiger partial charge is 0.737 e. The van der Waals surface area contributed by atoms with Crippen molar-refractivity contribution in [2.45, 2.75) is 211 Å². The normalized spacial score (nSPS) is 14.3. The second-order valence-electron chi connectivity index (χ2n) is 32.2. The number of amides is 4. The minimum atomic E-state index is -5.37. The molecule has 0 saturated heterocycles. The van der Waals surface area contributed by atoms with Crippen molar-refractivity contribution in [1.29, 1.82) is 0 Å². The summed E-state index contributed by atoms with van der Waals surface area (Å²) in [5.41, 5.74) is 6.81. The van der Waals surface area contributed by atoms with E-state index in [0.29, 0.717) is 159 Å². The van der Waals surface area contributed by atoms with Crippen LogP contribution in [0.15, 0.2) is 153 Å². The van der Waals surface area contributed by atoms with Gasteiger partial charge in [-0.2, -0.15) is 0 Å². The molecule has 37 heteroatoms. The second kappa shape index (κ2) is 49.4. The van der Waals surface area contributed by atoms with Gasteiger partial charge in [-0.1, -0.05) is 114 Å². The van der Waals surface area contributed by atoms with Crippen LogP contribution in [0, 0.1) is 25.7 Å². The predicted octanol–water partition coefficient (Wildman–Crippen LogP) is 13.3. The van der Waals surface area contributed by atoms with Gasteiger partial charge in [0.15, 0.2) is 23.5 Å². The van der Waals surface area contributed by atoms with Crippen LogP contribution in [-0.4, -0.2) is 200 Å². The zero-order valence-electron chi connectivity index (χ0n) is 73.6. The van der Waals surface area contributed by atoms with Gasteiger partial charge < -0.3 is 78.6 Å². The van der Waals surface area contributed by atoms with Crippen molar-refractivity contribution in [3.63, 3.8) is 0 Å². The van der Waals surface area contributed by atoms with E-state index in [2.05, 4.69) is 45.8 Å². The number of ether oxygens (including phenoxy) is 1. The molecule has 7 aromatic rings. The van der Waals surface area contributed by atoms with Crippen LogP contribution < -0.4 is 41.1 Å². The number of sulfonamides is 1. The molecule has 2 aromatic heterocycles. The van der Waals surface area contributed by atoms with Gasteiger partial charge in [-0.05, 0) is 177 Å². The molecule has 0 spiro atoms. The number of aryl methyl sites for hydroxylation is 2. The highest BCUT2D eigenvalue weighted by atomic mass is 33.1. The molecule has 9 rings (SSSR count). The van der Waals surface area contributed by atoms with Gasteiger partial charge in [-0.3, -0.25) is 38.4 Å². The van der Waals surface area contributed by atoms with Crippen molar-refractivity contribution in [3.8, 4) is 11.1 Å². The van der Waals surface area contributed by atoms with Crippen molar-refractivity contribution >= 4 is 153 Å². The monoisotopic (exact) mass is 1860 g/mol. The van der Waals surface area contributed by atoms with Gasteiger partial charge in [0.05, 0.1) is 57.1 Å². The fraction of sp³-hybridized carbons (Fsp3) is 0.457. The first-order valence-corrected chi connectivity index (χ1v) is 49.3. The zero-order chi connectivity index (χ0) is 93.5. The van der Waals surface area contributed by atoms with Gasteiger partial charge in [0.2, 0.25) is 21.8 Å². The summed E-state index contributed by atoms with van der Waals surface area (Å²) < 4.78 is 117. The number of urea groups is 1. The molecule has 6 atom stereocenters. The molecular formula is C92H117BF2N10O20S4. The molecule has 4 amide bonds. The average molecular weight is 1860 g/mol. The SMILES string of the molecule is CCN(CC)c1ccc2c(-c3ccc(S(=O)(=O)NCCSSCC(CC(=O)C(CCCCNCCCC4=[N+]5C(=Cc6c(C)cc(C)n6[B-]5(F)F)C=C4)NC(=O)[C@@H](CC(=O)[C@H](Cc4ccccc4)NC(=O)CCCCCCCCC(=O)CC[C@H](NC(=O)N[C@@H](CCC(=O)O)OC=O)C(=O)O)Cc4ccccc4)C(=O)O)cc3S(=O)(=O)[O-])c3ccc(N(CC)CC)cc3[o+]c2c1. The number of nitrogens with one attached hydrogen (secondary N) is 6. The first-order valence-electron chi connectivity index (χ1n) is 43.9. The van der Waals surface area contributed by atoms with Gasteiger partial charge >= 0.3 is 42.1 Å². The lowest BCUT2D eigenvalue weighted by Crippen LogP contribution is -2.50. The molecule has 0 radical (unpaired) electrons. The molecule has 129 heavy (non-hydrogen) atoms. The van der Waals surface area contributed by atoms with Crippen molar-refractivity contribution in [2.24, 2.45) is 11.8 Å². The quantitative estimate of drug-likeness (QED) is 0.00250. The van der Waals surface area contributed by atoms with Crippen LogP contribution in [0.25, 0.3) is 39.1 Å². The molecule has 0 saturated carbocycles. The number of hydrogen-bond acceptors (Lipinski definition) is 21. The Morgan fingerprint density at radius 3 is 1.82 bits per heavy atom. The molecule has 0 bridgehead atoms. The number of carboxylic acids is 3. The second-order valence-corrected chi connectivity index (χ2v) is 38.0. The van der Waals surface area contributed by atoms with E-state index in [1.807, 2.05) is 58.9 Å². The highest BCUT2D eigenvalue weighted by Crippen LogP contribution is 2.43. The Hall–Kier alpha value is -10.7. The number of aliphatic carboxylic acids is 3. The number of anilines is 2. The summed E-state index contributed by atoms with van der Waals surface area (Å²) in [5.74, 6) is -8.89. The predicted molar refractivity (Wildman–Crippen MR) is 494 cm³/mol. The number of hydrogen-bond donors (Lipinski definition) is 9. The minimum absolute atomic E-state index is 0.0114. The van der Waals surface area contributed by atoms with E-state index in [9.17, 15) is 74.8 Å². The van der Waals surface area contributed by atoms with E-state index < -0.39 is 133 Å². The van der Waals surface area contributed by atoms with Crippen molar-refractivity contribution in [3.05, 3.63) is 167 Å². The van der Waals surface area contributed by atoms with Crippen LogP contribution in [0.5, 0.6) is 0 Å². The number of benzene rings is 5. The molecular weight excluding hydrogens is 1740 g/mol. The Balaban J connectivity index is 0.832. The van der Waals surface area contributed by atoms with E-state index in [0.717, 1.165) is 59.1 Å². The molecule has 4 heterocycles. The summed E-state index contributed by atoms with van der Waals surface area (Å²) >= 11 is 0.